The lowest BCUT2D eigenvalue weighted by atomic mass is 9.94. The molecule has 0 bridgehead atoms. The second kappa shape index (κ2) is 16.8. The first-order chi connectivity index (χ1) is 23.2. The maximum atomic E-state index is 14.4. The molecule has 0 radical (unpaired) electrons. The normalized spacial score (nSPS) is 14.1. The molecule has 1 aliphatic rings. The van der Waals surface area contributed by atoms with Crippen LogP contribution in [0.25, 0.3) is 0 Å². The molecule has 8 nitrogen and oxygen atoms in total. The molecule has 4 aromatic rings. The van der Waals surface area contributed by atoms with E-state index in [1.165, 1.54) is 4.90 Å². The summed E-state index contributed by atoms with van der Waals surface area (Å²) in [6.45, 7) is 0.0154. The van der Waals surface area contributed by atoms with Crippen LogP contribution in [0.15, 0.2) is 114 Å². The maximum absolute atomic E-state index is 14.4. The van der Waals surface area contributed by atoms with Crippen molar-refractivity contribution in [3.8, 4) is 5.75 Å². The largest absolute Gasteiger partial charge is 0.489 e. The Balaban J connectivity index is 1.43. The highest BCUT2D eigenvalue weighted by molar-refractivity contribution is 9.10. The molecule has 5 rings (SSSR count). The number of hydrogen-bond acceptors (Lipinski definition) is 5. The summed E-state index contributed by atoms with van der Waals surface area (Å²) in [6, 6.07) is 32.7. The molecular formula is C38H42BrN3O5S. The first kappa shape index (κ1) is 35.2. The van der Waals surface area contributed by atoms with Gasteiger partial charge in [-0.15, -0.1) is 0 Å². The molecule has 1 fully saturated rings. The van der Waals surface area contributed by atoms with Gasteiger partial charge in [-0.3, -0.25) is 13.9 Å². The Hall–Kier alpha value is -4.15. The number of ether oxygens (including phenoxy) is 1. The van der Waals surface area contributed by atoms with Crippen LogP contribution in [0.5, 0.6) is 5.75 Å². The third kappa shape index (κ3) is 10.2. The maximum Gasteiger partial charge on any atom is 0.244 e. The number of nitrogens with one attached hydrogen (secondary N) is 1. The van der Waals surface area contributed by atoms with Crippen molar-refractivity contribution in [3.05, 3.63) is 130 Å². The Labute approximate surface area is 292 Å². The Bertz CT molecular complexity index is 1750. The molecule has 1 N–H and O–H groups in total. The molecule has 10 heteroatoms. The number of amides is 2. The van der Waals surface area contributed by atoms with Gasteiger partial charge in [0, 0.05) is 23.5 Å². The van der Waals surface area contributed by atoms with E-state index in [-0.39, 0.29) is 24.9 Å². The first-order valence-corrected chi connectivity index (χ1v) is 18.9. The monoisotopic (exact) mass is 731 g/mol. The zero-order chi connectivity index (χ0) is 33.9. The molecule has 4 aromatic carbocycles. The predicted molar refractivity (Wildman–Crippen MR) is 193 cm³/mol. The van der Waals surface area contributed by atoms with Crippen molar-refractivity contribution < 1.29 is 22.7 Å². The van der Waals surface area contributed by atoms with Gasteiger partial charge in [0.25, 0.3) is 0 Å². The lowest BCUT2D eigenvalue weighted by molar-refractivity contribution is -0.140. The Morgan fingerprint density at radius 3 is 2.08 bits per heavy atom. The fourth-order valence-electron chi connectivity index (χ4n) is 5.99. The zero-order valence-corrected chi connectivity index (χ0v) is 29.5. The van der Waals surface area contributed by atoms with Crippen molar-refractivity contribution in [2.24, 2.45) is 0 Å². The minimum absolute atomic E-state index is 0.0440. The van der Waals surface area contributed by atoms with E-state index in [2.05, 4.69) is 21.2 Å². The van der Waals surface area contributed by atoms with Crippen LogP contribution in [0.2, 0.25) is 0 Å². The minimum atomic E-state index is -3.88. The smallest absolute Gasteiger partial charge is 0.244 e. The van der Waals surface area contributed by atoms with Crippen LogP contribution in [0.4, 0.5) is 5.69 Å². The number of anilines is 1. The fraction of sp³-hybridized carbons (Fsp3) is 0.316. The van der Waals surface area contributed by atoms with Gasteiger partial charge in [-0.05, 0) is 65.9 Å². The van der Waals surface area contributed by atoms with E-state index >= 15 is 0 Å². The molecule has 0 saturated heterocycles. The number of halogens is 1. The number of hydrogen-bond donors (Lipinski definition) is 1. The molecule has 1 aliphatic carbocycles. The first-order valence-electron chi connectivity index (χ1n) is 16.3. The number of benzene rings is 4. The van der Waals surface area contributed by atoms with Crippen molar-refractivity contribution in [1.82, 2.24) is 10.2 Å². The second-order valence-corrected chi connectivity index (χ2v) is 15.1. The second-order valence-electron chi connectivity index (χ2n) is 12.2. The zero-order valence-electron chi connectivity index (χ0n) is 27.1. The van der Waals surface area contributed by atoms with Crippen molar-refractivity contribution in [3.63, 3.8) is 0 Å². The summed E-state index contributed by atoms with van der Waals surface area (Å²) in [5, 5.41) is 3.23. The molecular weight excluding hydrogens is 690 g/mol. The molecule has 0 heterocycles. The third-order valence-electron chi connectivity index (χ3n) is 8.52. The van der Waals surface area contributed by atoms with Crippen LogP contribution in [-0.4, -0.2) is 50.0 Å². The summed E-state index contributed by atoms with van der Waals surface area (Å²) in [5.74, 6) is -0.148. The summed E-state index contributed by atoms with van der Waals surface area (Å²) in [5.41, 5.74) is 3.05. The fourth-order valence-corrected chi connectivity index (χ4v) is 7.29. The van der Waals surface area contributed by atoms with E-state index in [1.807, 2.05) is 84.9 Å². The van der Waals surface area contributed by atoms with Crippen LogP contribution in [-0.2, 0) is 39.2 Å². The van der Waals surface area contributed by atoms with Crippen LogP contribution in [0.1, 0.15) is 48.8 Å². The van der Waals surface area contributed by atoms with Gasteiger partial charge in [0.2, 0.25) is 21.8 Å². The van der Waals surface area contributed by atoms with Crippen molar-refractivity contribution >= 4 is 43.5 Å². The summed E-state index contributed by atoms with van der Waals surface area (Å²) in [4.78, 5) is 30.1. The highest BCUT2D eigenvalue weighted by Gasteiger charge is 2.34. The number of carbonyl (C=O) groups excluding carboxylic acids is 2. The van der Waals surface area contributed by atoms with Gasteiger partial charge in [-0.25, -0.2) is 8.42 Å². The minimum Gasteiger partial charge on any atom is -0.489 e. The summed E-state index contributed by atoms with van der Waals surface area (Å²) in [7, 11) is -3.88. The van der Waals surface area contributed by atoms with Gasteiger partial charge in [0.15, 0.2) is 0 Å². The molecule has 1 atom stereocenters. The molecule has 0 unspecified atom stereocenters. The van der Waals surface area contributed by atoms with Crippen LogP contribution in [0.3, 0.4) is 0 Å². The summed E-state index contributed by atoms with van der Waals surface area (Å²) < 4.78 is 34.2. The van der Waals surface area contributed by atoms with Crippen LogP contribution >= 0.6 is 15.9 Å². The van der Waals surface area contributed by atoms with E-state index in [4.69, 9.17) is 4.74 Å². The standard InChI is InChI=1S/C38H42BrN3O5S/c1-48(45,46)42(34-20-22-35(23-21-34)47-28-30-14-7-3-8-15-30)27-37(43)41(26-31-16-11-17-32(39)24-31)36(25-29-12-5-2-6-13-29)38(44)40-33-18-9-4-10-19-33/h2-3,5-8,11-17,20-24,33,36H,4,9-10,18-19,25-28H2,1H3,(H,40,44)/t36-/m1/s1. The average molecular weight is 733 g/mol. The number of sulfonamides is 1. The number of rotatable bonds is 14. The Morgan fingerprint density at radius 2 is 1.46 bits per heavy atom. The lowest BCUT2D eigenvalue weighted by Crippen LogP contribution is -2.55. The van der Waals surface area contributed by atoms with Crippen molar-refractivity contribution in [2.75, 3.05) is 17.1 Å². The quantitative estimate of drug-likeness (QED) is 0.153. The highest BCUT2D eigenvalue weighted by Crippen LogP contribution is 2.25. The molecule has 48 heavy (non-hydrogen) atoms. The molecule has 0 spiro atoms. The van der Waals surface area contributed by atoms with E-state index in [9.17, 15) is 18.0 Å². The van der Waals surface area contributed by atoms with Gasteiger partial charge in [0.1, 0.15) is 24.9 Å². The lowest BCUT2D eigenvalue weighted by Gasteiger charge is -2.35. The van der Waals surface area contributed by atoms with Crippen molar-refractivity contribution in [2.45, 2.75) is 63.8 Å². The van der Waals surface area contributed by atoms with E-state index in [0.29, 0.717) is 18.0 Å². The van der Waals surface area contributed by atoms with Gasteiger partial charge in [-0.2, -0.15) is 0 Å². The third-order valence-corrected chi connectivity index (χ3v) is 10.2. The van der Waals surface area contributed by atoms with E-state index < -0.39 is 28.5 Å². The molecule has 252 valence electrons. The topological polar surface area (TPSA) is 96.0 Å². The SMILES string of the molecule is CS(=O)(=O)N(CC(=O)N(Cc1cccc(Br)c1)[C@H](Cc1ccccc1)C(=O)NC1CCCCC1)c1ccc(OCc2ccccc2)cc1. The number of nitrogens with zero attached hydrogens (tertiary/aromatic N) is 2. The number of carbonyl (C=O) groups is 2. The van der Waals surface area contributed by atoms with E-state index in [1.54, 1.807) is 24.3 Å². The van der Waals surface area contributed by atoms with Gasteiger partial charge in [0.05, 0.1) is 11.9 Å². The van der Waals surface area contributed by atoms with Gasteiger partial charge < -0.3 is 15.0 Å². The Morgan fingerprint density at radius 1 is 0.833 bits per heavy atom. The van der Waals surface area contributed by atoms with Crippen LogP contribution < -0.4 is 14.4 Å². The molecule has 0 aliphatic heterocycles. The van der Waals surface area contributed by atoms with E-state index in [0.717, 1.165) is 63.8 Å². The molecule has 0 aromatic heterocycles. The highest BCUT2D eigenvalue weighted by atomic mass is 79.9. The summed E-state index contributed by atoms with van der Waals surface area (Å²) >= 11 is 3.52. The van der Waals surface area contributed by atoms with Crippen molar-refractivity contribution in [1.29, 1.82) is 0 Å². The summed E-state index contributed by atoms with van der Waals surface area (Å²) in [6.07, 6.45) is 6.41. The van der Waals surface area contributed by atoms with Gasteiger partial charge >= 0.3 is 0 Å². The van der Waals surface area contributed by atoms with Gasteiger partial charge in [-0.1, -0.05) is 108 Å². The van der Waals surface area contributed by atoms with Crippen LogP contribution in [0, 0.1) is 0 Å². The average Bonchev–Trinajstić information content (AvgIpc) is 3.09. The Kier molecular flexibility index (Phi) is 12.3. The molecule has 1 saturated carbocycles. The predicted octanol–water partition coefficient (Wildman–Crippen LogP) is 6.88. The molecule has 2 amide bonds.